The number of nitrogens with zero attached hydrogens (tertiary/aromatic N) is 2. The zero-order valence-electron chi connectivity index (χ0n) is 84.7. The van der Waals surface area contributed by atoms with Gasteiger partial charge in [-0.2, -0.15) is 11.8 Å². The number of hydrazine groups is 1. The molecule has 20 fully saturated rings. The standard InChI is InChI=1S/C6H10O.C5H9NO.2C5H11N.C5H9N.C5H10O.3C5H8O.C5H10S.C4H9NO.C4H7NO.C4H5NS.C4H9N.C4H7N.C4H8O2S.2C4H6O2.C4H8O.C3H6N2.C3H8N2.C3H5NO.C3H7NS.C3H6.7CH4/c1-2-6-4-3-5(1)7-6;7-5-3-1-2-4-6-5;4*1-2-4-6-5-3-1;3*6-5-3-1-2-4-5;1-2-4-6-5-3-1;1-3-6-4-2-5-1;6-4-2-1-3-5-4;1-3-6-4-2-5-1;2*1-2-4-5-3-1;5-7(6)3-1-2-4-7;2*5-4-2-1-3-6-4;1-2-4-5-3-1;1-2-5-3-4-1;1-2-4-5-3-1;2*1-2-5-3-4-1;1-2-3-1;;;;;;;/h5-6H,1-4H2;1-4H2,(H,6,7);2*6H,1-5H2;2,4,6H,1,3,5H2;1-5H2;3*1-4H2;1-5H2;5H,1-4H2;1-3H2,(H,5,6);1-5H;5H,1-4H2;1-2,5H,3-4H2;1-4H2;2*1-3H2;1-4H2;3H,1-2H2,(H,4,5);4-5H,1-3H2;3H,1-2H2;4H,1-3H2;1-3H2;7*1H4. The summed E-state index contributed by atoms with van der Waals surface area (Å²) < 4.78 is 55.0. The Morgan fingerprint density at radius 3 is 0.889 bits per heavy atom. The summed E-state index contributed by atoms with van der Waals surface area (Å²) in [6.45, 7) is 28.8. The Morgan fingerprint density at radius 1 is 0.319 bits per heavy atom. The van der Waals surface area contributed by atoms with Gasteiger partial charge in [0.15, 0.2) is 6.40 Å². The van der Waals surface area contributed by atoms with Crippen LogP contribution >= 0.6 is 35.3 Å². The van der Waals surface area contributed by atoms with Crippen LogP contribution in [0.5, 0.6) is 0 Å². The summed E-state index contributed by atoms with van der Waals surface area (Å²) in [5.41, 5.74) is 5.94. The second-order valence-electron chi connectivity index (χ2n) is 35.4. The Kier molecular flexibility index (Phi) is 126. The molecule has 13 N–H and O–H groups in total. The first-order valence-corrected chi connectivity index (χ1v) is 58.4. The zero-order chi connectivity index (χ0) is 98.1. The number of thioether (sulfide) groups is 3. The summed E-state index contributed by atoms with van der Waals surface area (Å²) in [5, 5.41) is 37.6. The molecule has 2 amide bonds. The average Bonchev–Trinajstić information content (AvgIpc) is 1.74. The summed E-state index contributed by atoms with van der Waals surface area (Å²) in [6.07, 6.45) is 74.0. The zero-order valence-corrected chi connectivity index (χ0v) is 87.9. The van der Waals surface area contributed by atoms with E-state index in [1.807, 2.05) is 41.2 Å². The fourth-order valence-electron chi connectivity index (χ4n) is 14.1. The maximum atomic E-state index is 10.4. The molecule has 25 rings (SSSR count). The second-order valence-corrected chi connectivity index (χ2v) is 40.8. The molecule has 2 bridgehead atoms. The summed E-state index contributed by atoms with van der Waals surface area (Å²) >= 11 is 5.73. The molecule has 0 unspecified atom stereocenters. The molecule has 35 heteroatoms. The van der Waals surface area contributed by atoms with Crippen LogP contribution in [0.25, 0.3) is 0 Å². The van der Waals surface area contributed by atoms with E-state index in [4.69, 9.17) is 18.9 Å². The van der Waals surface area contributed by atoms with Crippen molar-refractivity contribution in [1.82, 2.24) is 69.3 Å². The van der Waals surface area contributed by atoms with Crippen LogP contribution in [0.15, 0.2) is 57.6 Å². The number of piperidine rings is 3. The summed E-state index contributed by atoms with van der Waals surface area (Å²) in [5.74, 6) is 7.84. The van der Waals surface area contributed by atoms with Crippen molar-refractivity contribution in [2.75, 3.05) is 218 Å². The molecule has 0 atom stereocenters. The molecule has 21 aliphatic heterocycles. The van der Waals surface area contributed by atoms with Gasteiger partial charge in [0.05, 0.1) is 69.6 Å². The number of hydrogen-bond donors (Lipinski definition) is 13. The molecule has 144 heavy (non-hydrogen) atoms. The second kappa shape index (κ2) is 121. The summed E-state index contributed by atoms with van der Waals surface area (Å²) in [6, 6.07) is 0. The minimum absolute atomic E-state index is 0. The number of nitrogens with one attached hydrogen (secondary N) is 13. The van der Waals surface area contributed by atoms with Gasteiger partial charge in [-0.3, -0.25) is 54.4 Å². The van der Waals surface area contributed by atoms with Crippen LogP contribution in [-0.4, -0.2) is 293 Å². The molecule has 25 aliphatic rings. The van der Waals surface area contributed by atoms with E-state index < -0.39 is 9.84 Å². The highest BCUT2D eigenvalue weighted by Crippen LogP contribution is 2.33. The maximum absolute atomic E-state index is 10.4. The lowest BCUT2D eigenvalue weighted by Gasteiger charge is -2.10. The Morgan fingerprint density at radius 2 is 0.750 bits per heavy atom. The number of fused-ring (bicyclic) bond motifs is 2. The third-order valence-electron chi connectivity index (χ3n) is 22.4. The molecule has 0 aromatic heterocycles. The lowest BCUT2D eigenvalue weighted by atomic mass is 10.0. The first kappa shape index (κ1) is 150. The number of hydrogen-bond acceptors (Lipinski definition) is 32. The van der Waals surface area contributed by atoms with Gasteiger partial charge in [0.2, 0.25) is 11.8 Å². The number of sulfone groups is 1. The topological polar surface area (TPSA) is 399 Å². The van der Waals surface area contributed by atoms with Crippen LogP contribution in [0.4, 0.5) is 0 Å². The van der Waals surface area contributed by atoms with Crippen molar-refractivity contribution in [1.29, 1.82) is 0 Å². The molecule has 0 radical (unpaired) electrons. The molecule has 0 aromatic carbocycles. The van der Waals surface area contributed by atoms with Gasteiger partial charge in [-0.25, -0.2) is 8.42 Å². The quantitative estimate of drug-likeness (QED) is 0.0791. The number of morpholine rings is 1. The highest BCUT2D eigenvalue weighted by atomic mass is 32.2. The summed E-state index contributed by atoms with van der Waals surface area (Å²) in [4.78, 5) is 78.8. The van der Waals surface area contributed by atoms with E-state index in [1.54, 1.807) is 18.1 Å². The van der Waals surface area contributed by atoms with E-state index in [9.17, 15) is 42.0 Å². The van der Waals surface area contributed by atoms with E-state index in [0.29, 0.717) is 67.1 Å². The van der Waals surface area contributed by atoms with Crippen molar-refractivity contribution < 1.29 is 75.1 Å². The first-order chi connectivity index (χ1) is 67.4. The van der Waals surface area contributed by atoms with Gasteiger partial charge in [-0.1, -0.05) is 109 Å². The number of cyclic esters (lactones) is 2. The number of Topliss-reactive ketones (excluding diaryl/α,β-unsaturated/α-hetero) is 3. The monoisotopic (exact) mass is 2120 g/mol. The molecule has 31 nitrogen and oxygen atoms in total. The lowest BCUT2D eigenvalue weighted by molar-refractivity contribution is -0.138. The van der Waals surface area contributed by atoms with Crippen molar-refractivity contribution in [2.24, 2.45) is 9.98 Å². The number of ether oxygens (including phenoxy) is 7. The van der Waals surface area contributed by atoms with E-state index in [0.717, 1.165) is 260 Å². The van der Waals surface area contributed by atoms with Crippen molar-refractivity contribution in [2.45, 2.75) is 379 Å². The van der Waals surface area contributed by atoms with E-state index in [2.05, 4.69) is 124 Å². The van der Waals surface area contributed by atoms with E-state index >= 15 is 0 Å². The predicted molar refractivity (Wildman–Crippen MR) is 615 cm³/mol. The smallest absolute Gasteiger partial charge is 0.305 e. The third kappa shape index (κ3) is 119. The Hall–Kier alpha value is -5.09. The van der Waals surface area contributed by atoms with Crippen LogP contribution in [0.2, 0.25) is 0 Å². The fraction of sp³-hybridized carbons (Fsp3) is 0.844. The lowest BCUT2D eigenvalue weighted by Crippen LogP contribution is -2.30. The maximum Gasteiger partial charge on any atom is 0.305 e. The minimum atomic E-state index is -2.55. The predicted octanol–water partition coefficient (Wildman–Crippen LogP) is 18.5. The first-order valence-electron chi connectivity index (χ1n) is 53.3. The van der Waals surface area contributed by atoms with Gasteiger partial charge in [-0.15, -0.1) is 23.5 Å². The molecule has 0 aromatic rings. The van der Waals surface area contributed by atoms with E-state index in [1.165, 1.54) is 242 Å². The number of ketones is 3. The van der Waals surface area contributed by atoms with Gasteiger partial charge in [0.1, 0.15) is 33.8 Å². The van der Waals surface area contributed by atoms with Crippen molar-refractivity contribution in [3.63, 3.8) is 0 Å². The van der Waals surface area contributed by atoms with Crippen LogP contribution in [0, 0.1) is 0 Å². The minimum Gasteiger partial charge on any atom is -0.482 e. The fourth-order valence-corrected chi connectivity index (χ4v) is 17.8. The molecule has 16 saturated heterocycles. The average molecular weight is 2120 g/mol. The number of esters is 2. The normalized spacial score (nSPS) is 22.6. The van der Waals surface area contributed by atoms with Crippen LogP contribution in [-0.2, 0) is 76.6 Å². The Labute approximate surface area is 892 Å². The van der Waals surface area contributed by atoms with Gasteiger partial charge in [0, 0.05) is 187 Å². The van der Waals surface area contributed by atoms with Gasteiger partial charge < -0.3 is 91.6 Å². The Bertz CT molecular complexity index is 2560. The van der Waals surface area contributed by atoms with Crippen LogP contribution in [0.1, 0.15) is 367 Å². The largest absolute Gasteiger partial charge is 0.482 e. The summed E-state index contributed by atoms with van der Waals surface area (Å²) in [7, 11) is -2.55. The number of carbonyl (C=O) groups is 7. The van der Waals surface area contributed by atoms with Crippen LogP contribution in [0.3, 0.4) is 0 Å². The van der Waals surface area contributed by atoms with Gasteiger partial charge in [-0.05, 0) is 280 Å². The molecule has 21 heterocycles. The molecule has 4 saturated carbocycles. The number of aliphatic imine (C=N–C) groups is 2. The number of amides is 2. The van der Waals surface area contributed by atoms with Crippen molar-refractivity contribution >= 4 is 99.0 Å². The Balaban J connectivity index is -0.000000345. The number of allylic oxidation sites excluding steroid dienone is 1. The highest BCUT2D eigenvalue weighted by molar-refractivity contribution is 8.04. The molecule has 4 aliphatic carbocycles. The number of carbonyl (C=O) groups excluding carboxylic acids is 7. The highest BCUT2D eigenvalue weighted by Gasteiger charge is 2.31. The van der Waals surface area contributed by atoms with E-state index in [-0.39, 0.29) is 75.7 Å². The number of rotatable bonds is 0. The third-order valence-corrected chi connectivity index (χ3v) is 26.8. The SMILES string of the molecule is C.C.C.C.C.C.C.C1=CCNC1.C1=CNCCC1.C1=CSC=CN1.C1=NCCN1.C1=NCCO1.C1CC1.C1CC2CCC1O2.C1CCNC1.C1CCNCC1.C1CCNCC1.C1CCOC1.C1CCOCC1.C1CCSCC1.C1CNNC1.C1COCCN1.C1CSCN1.O=C1CCCC1.O=C1CCCC1.O=C1CCCC1.O=C1CCCCN1.O=C1CCCN1.O=C1CCCO1.O=C1CCCO1.O=S1(=O)CCCC1. The van der Waals surface area contributed by atoms with Crippen LogP contribution < -0.4 is 69.3 Å². The van der Waals surface area contributed by atoms with Gasteiger partial charge in [0.25, 0.3) is 0 Å². The van der Waals surface area contributed by atoms with Crippen molar-refractivity contribution in [3.8, 4) is 0 Å². The van der Waals surface area contributed by atoms with Gasteiger partial charge >= 0.3 is 11.9 Å². The molecular formula is C109H219N15O16S4. The van der Waals surface area contributed by atoms with Crippen molar-refractivity contribution in [3.05, 3.63) is 47.6 Å². The molecular weight excluding hydrogens is 1900 g/mol. The molecule has 850 valence electrons. The molecule has 0 spiro atoms.